The molecule has 0 radical (unpaired) electrons. The molecule has 8 heteroatoms. The number of hydrogen-bond donors (Lipinski definition) is 0. The van der Waals surface area contributed by atoms with E-state index in [1.807, 2.05) is 0 Å². The molecule has 136 valence electrons. The van der Waals surface area contributed by atoms with Crippen molar-refractivity contribution >= 4 is 35.2 Å². The topological polar surface area (TPSA) is 91.0 Å². The van der Waals surface area contributed by atoms with Crippen molar-refractivity contribution < 1.29 is 19.2 Å². The maximum absolute atomic E-state index is 12.2. The Morgan fingerprint density at radius 1 is 1.30 bits per heavy atom. The average Bonchev–Trinajstić information content (AvgIpc) is 3.01. The number of nitrogens with zero attached hydrogens (tertiary/aromatic N) is 2. The van der Waals surface area contributed by atoms with Gasteiger partial charge in [-0.15, -0.1) is 0 Å². The van der Waals surface area contributed by atoms with Gasteiger partial charge in [0.05, 0.1) is 15.5 Å². The van der Waals surface area contributed by atoms with Gasteiger partial charge >= 0.3 is 5.97 Å². The van der Waals surface area contributed by atoms with Gasteiger partial charge in [0, 0.05) is 17.7 Å². The Morgan fingerprint density at radius 2 is 2.07 bits per heavy atom. The summed E-state index contributed by atoms with van der Waals surface area (Å²) in [4.78, 5) is 26.6. The second-order valence-electron chi connectivity index (χ2n) is 5.39. The fourth-order valence-corrected chi connectivity index (χ4v) is 2.60. The Morgan fingerprint density at radius 3 is 2.78 bits per heavy atom. The van der Waals surface area contributed by atoms with E-state index in [1.54, 1.807) is 30.3 Å². The Hall–Kier alpha value is -3.45. The van der Waals surface area contributed by atoms with Crippen molar-refractivity contribution in [1.29, 1.82) is 0 Å². The van der Waals surface area contributed by atoms with Gasteiger partial charge in [-0.1, -0.05) is 42.5 Å². The zero-order valence-electron chi connectivity index (χ0n) is 13.9. The molecule has 0 atom stereocenters. The van der Waals surface area contributed by atoms with Crippen molar-refractivity contribution in [3.63, 3.8) is 0 Å². The quantitative estimate of drug-likeness (QED) is 0.245. The van der Waals surface area contributed by atoms with Crippen LogP contribution in [0.1, 0.15) is 11.1 Å². The molecule has 1 aliphatic heterocycles. The van der Waals surface area contributed by atoms with Crippen LogP contribution in [-0.4, -0.2) is 23.4 Å². The zero-order chi connectivity index (χ0) is 19.4. The lowest BCUT2D eigenvalue weighted by Crippen LogP contribution is -2.06. The molecular formula is C19H13ClN2O5. The van der Waals surface area contributed by atoms with E-state index in [9.17, 15) is 14.9 Å². The van der Waals surface area contributed by atoms with Gasteiger partial charge < -0.3 is 9.47 Å². The van der Waals surface area contributed by atoms with E-state index >= 15 is 0 Å². The average molecular weight is 385 g/mol. The summed E-state index contributed by atoms with van der Waals surface area (Å²) < 4.78 is 10.7. The minimum Gasteiger partial charge on any atom is -0.489 e. The van der Waals surface area contributed by atoms with Gasteiger partial charge in [-0.2, -0.15) is 0 Å². The summed E-state index contributed by atoms with van der Waals surface area (Å²) in [6.45, 7) is 3.92. The summed E-state index contributed by atoms with van der Waals surface area (Å²) >= 11 is 6.07. The molecule has 3 rings (SSSR count). The van der Waals surface area contributed by atoms with Crippen molar-refractivity contribution in [2.75, 3.05) is 6.61 Å². The molecular weight excluding hydrogens is 372 g/mol. The molecule has 0 aliphatic carbocycles. The van der Waals surface area contributed by atoms with Gasteiger partial charge in [-0.3, -0.25) is 10.1 Å². The van der Waals surface area contributed by atoms with E-state index in [0.29, 0.717) is 17.9 Å². The molecule has 1 heterocycles. The van der Waals surface area contributed by atoms with E-state index in [4.69, 9.17) is 21.1 Å². The summed E-state index contributed by atoms with van der Waals surface area (Å²) in [7, 11) is 0. The molecule has 2 aromatic carbocycles. The van der Waals surface area contributed by atoms with Crippen LogP contribution < -0.4 is 4.74 Å². The molecule has 0 aromatic heterocycles. The van der Waals surface area contributed by atoms with Crippen molar-refractivity contribution in [3.8, 4) is 5.75 Å². The van der Waals surface area contributed by atoms with Crippen LogP contribution in [0.3, 0.4) is 0 Å². The number of nitro benzene ring substituents is 1. The van der Waals surface area contributed by atoms with Gasteiger partial charge in [0.2, 0.25) is 5.90 Å². The lowest BCUT2D eigenvalue weighted by Gasteiger charge is -2.06. The third kappa shape index (κ3) is 4.04. The smallest absolute Gasteiger partial charge is 0.363 e. The number of aliphatic imine (C=N–C) groups is 1. The van der Waals surface area contributed by atoms with Crippen molar-refractivity contribution in [2.24, 2.45) is 4.99 Å². The third-order valence-electron chi connectivity index (χ3n) is 3.58. The summed E-state index contributed by atoms with van der Waals surface area (Å²) in [5.74, 6) is -0.108. The maximum atomic E-state index is 12.2. The standard InChI is InChI=1S/C19H13ClN2O5/c1-2-9-26-17-6-4-3-5-12(17)10-16-19(23)27-18(21-16)14-8-7-13(22(24)25)11-15(14)20/h2-8,10-11H,1,9H2/b16-10+. The highest BCUT2D eigenvalue weighted by atomic mass is 35.5. The van der Waals surface area contributed by atoms with Gasteiger partial charge in [-0.25, -0.2) is 9.79 Å². The predicted octanol–water partition coefficient (Wildman–Crippen LogP) is 4.16. The number of para-hydroxylation sites is 1. The zero-order valence-corrected chi connectivity index (χ0v) is 14.7. The summed E-state index contributed by atoms with van der Waals surface area (Å²) in [5, 5.41) is 10.9. The molecule has 0 amide bonds. The Balaban J connectivity index is 1.94. The first-order valence-electron chi connectivity index (χ1n) is 7.79. The third-order valence-corrected chi connectivity index (χ3v) is 3.90. The first-order valence-corrected chi connectivity index (χ1v) is 8.17. The monoisotopic (exact) mass is 384 g/mol. The number of non-ortho nitro benzene ring substituents is 1. The minimum absolute atomic E-state index is 0.0179. The van der Waals surface area contributed by atoms with Gasteiger partial charge in [0.25, 0.3) is 5.69 Å². The van der Waals surface area contributed by atoms with Crippen LogP contribution in [0.15, 0.2) is 65.8 Å². The second-order valence-corrected chi connectivity index (χ2v) is 5.80. The highest BCUT2D eigenvalue weighted by Crippen LogP contribution is 2.28. The number of ether oxygens (including phenoxy) is 2. The molecule has 7 nitrogen and oxygen atoms in total. The summed E-state index contributed by atoms with van der Waals surface area (Å²) in [5.41, 5.74) is 0.827. The lowest BCUT2D eigenvalue weighted by atomic mass is 10.1. The van der Waals surface area contributed by atoms with Crippen LogP contribution >= 0.6 is 11.6 Å². The van der Waals surface area contributed by atoms with Crippen LogP contribution in [0.4, 0.5) is 5.69 Å². The second kappa shape index (κ2) is 7.84. The van der Waals surface area contributed by atoms with Crippen molar-refractivity contribution in [2.45, 2.75) is 0 Å². The summed E-state index contributed by atoms with van der Waals surface area (Å²) in [6, 6.07) is 10.9. The first-order chi connectivity index (χ1) is 13.0. The number of halogens is 1. The molecule has 0 saturated carbocycles. The molecule has 0 bridgehead atoms. The Bertz CT molecular complexity index is 997. The van der Waals surface area contributed by atoms with Gasteiger partial charge in [0.1, 0.15) is 12.4 Å². The number of nitro groups is 1. The van der Waals surface area contributed by atoms with Gasteiger partial charge in [0.15, 0.2) is 5.70 Å². The van der Waals surface area contributed by atoms with E-state index in [1.165, 1.54) is 24.3 Å². The normalized spacial score (nSPS) is 14.6. The van der Waals surface area contributed by atoms with E-state index in [2.05, 4.69) is 11.6 Å². The van der Waals surface area contributed by atoms with Crippen LogP contribution in [0.5, 0.6) is 5.75 Å². The van der Waals surface area contributed by atoms with Crippen LogP contribution in [0.25, 0.3) is 6.08 Å². The number of benzene rings is 2. The molecule has 2 aromatic rings. The molecule has 0 saturated heterocycles. The SMILES string of the molecule is C=CCOc1ccccc1/C=C1/N=C(c2ccc([N+](=O)[O-])cc2Cl)OC1=O. The largest absolute Gasteiger partial charge is 0.489 e. The maximum Gasteiger partial charge on any atom is 0.363 e. The van der Waals surface area contributed by atoms with E-state index < -0.39 is 10.9 Å². The fourth-order valence-electron chi connectivity index (χ4n) is 2.34. The number of carbonyl (C=O) groups excluding carboxylic acids is 1. The van der Waals surface area contributed by atoms with E-state index in [-0.39, 0.29) is 27.9 Å². The summed E-state index contributed by atoms with van der Waals surface area (Å²) in [6.07, 6.45) is 3.15. The predicted molar refractivity (Wildman–Crippen MR) is 101 cm³/mol. The van der Waals surface area contributed by atoms with E-state index in [0.717, 1.165) is 0 Å². The minimum atomic E-state index is -0.655. The molecule has 27 heavy (non-hydrogen) atoms. The van der Waals surface area contributed by atoms with Gasteiger partial charge in [-0.05, 0) is 18.2 Å². The molecule has 0 spiro atoms. The fraction of sp³-hybridized carbons (Fsp3) is 0.0526. The molecule has 0 N–H and O–H groups in total. The number of carbonyl (C=O) groups is 1. The molecule has 0 unspecified atom stereocenters. The van der Waals surface area contributed by atoms with Crippen LogP contribution in [0.2, 0.25) is 5.02 Å². The molecule has 1 aliphatic rings. The Labute approximate surface area is 159 Å². The van der Waals surface area contributed by atoms with Crippen LogP contribution in [-0.2, 0) is 9.53 Å². The highest BCUT2D eigenvalue weighted by molar-refractivity contribution is 6.34. The first kappa shape index (κ1) is 18.3. The number of esters is 1. The Kier molecular flexibility index (Phi) is 5.33. The number of hydrogen-bond acceptors (Lipinski definition) is 6. The lowest BCUT2D eigenvalue weighted by molar-refractivity contribution is -0.384. The van der Waals surface area contributed by atoms with Crippen molar-refractivity contribution in [1.82, 2.24) is 0 Å². The molecule has 0 fully saturated rings. The van der Waals surface area contributed by atoms with Crippen molar-refractivity contribution in [3.05, 3.63) is 87.1 Å². The number of rotatable bonds is 6. The highest BCUT2D eigenvalue weighted by Gasteiger charge is 2.26. The number of cyclic esters (lactones) is 1. The van der Waals surface area contributed by atoms with Crippen LogP contribution in [0, 0.1) is 10.1 Å².